The third-order valence-corrected chi connectivity index (χ3v) is 7.89. The summed E-state index contributed by atoms with van der Waals surface area (Å²) < 4.78 is 5.57. The number of benzene rings is 2. The number of carbonyl (C=O) groups is 1. The minimum Gasteiger partial charge on any atom is -0.444 e. The van der Waals surface area contributed by atoms with E-state index in [0.717, 1.165) is 5.56 Å². The lowest BCUT2D eigenvalue weighted by molar-refractivity contribution is -0.0239. The molecule has 0 saturated carbocycles. The van der Waals surface area contributed by atoms with Gasteiger partial charge in [0, 0.05) is 42.0 Å². The van der Waals surface area contributed by atoms with E-state index in [1.165, 1.54) is 0 Å². The van der Waals surface area contributed by atoms with Gasteiger partial charge in [0.1, 0.15) is 16.4 Å². The van der Waals surface area contributed by atoms with E-state index in [0.29, 0.717) is 63.7 Å². The molecule has 1 aliphatic rings. The highest BCUT2D eigenvalue weighted by molar-refractivity contribution is 6.42. The van der Waals surface area contributed by atoms with Gasteiger partial charge in [0.25, 0.3) is 0 Å². The zero-order valence-electron chi connectivity index (χ0n) is 22.2. The molecule has 0 radical (unpaired) electrons. The van der Waals surface area contributed by atoms with Crippen molar-refractivity contribution in [3.8, 4) is 11.1 Å². The molecule has 2 aromatic carbocycles. The quantitative estimate of drug-likeness (QED) is 0.260. The number of hydrogen-bond acceptors (Lipinski definition) is 5. The molecule has 3 heterocycles. The number of likely N-dealkylation sites (tertiary alicyclic amines) is 1. The number of pyridine rings is 2. The SMILES string of the molecule is CC(C)(C)OC(=O)N1CCC(C(O)(c2cccnc2)c2ccc3nc(Cl)c(-c4ccccc4)c(Cl)c3c2)CC1. The Morgan fingerprint density at radius 3 is 2.36 bits per heavy atom. The van der Waals surface area contributed by atoms with E-state index in [1.807, 2.05) is 81.4 Å². The fourth-order valence-corrected chi connectivity index (χ4v) is 6.01. The van der Waals surface area contributed by atoms with Crippen LogP contribution in [0.4, 0.5) is 4.79 Å². The van der Waals surface area contributed by atoms with Crippen molar-refractivity contribution in [1.82, 2.24) is 14.9 Å². The number of halogens is 2. The van der Waals surface area contributed by atoms with Crippen LogP contribution in [0.2, 0.25) is 10.2 Å². The second-order valence-corrected chi connectivity index (χ2v) is 11.7. The summed E-state index contributed by atoms with van der Waals surface area (Å²) in [5, 5.41) is 14.0. The van der Waals surface area contributed by atoms with Crippen molar-refractivity contribution in [2.75, 3.05) is 13.1 Å². The van der Waals surface area contributed by atoms with Gasteiger partial charge in [0.05, 0.1) is 10.5 Å². The van der Waals surface area contributed by atoms with Crippen molar-refractivity contribution in [2.45, 2.75) is 44.8 Å². The molecule has 1 N–H and O–H groups in total. The third kappa shape index (κ3) is 5.46. The standard InChI is InChI=1S/C31H31Cl2N3O3/c1-30(2,3)39-29(37)36-16-13-21(14-17-36)31(38,23-10-7-15-34-19-23)22-11-12-25-24(18-22)27(32)26(28(33)35-25)20-8-5-4-6-9-20/h4-12,15,18-19,21,38H,13-14,16-17H2,1-3H3. The minimum atomic E-state index is -1.36. The molecule has 1 aliphatic heterocycles. The van der Waals surface area contributed by atoms with Crippen molar-refractivity contribution in [3.63, 3.8) is 0 Å². The molecule has 0 aliphatic carbocycles. The Morgan fingerprint density at radius 2 is 1.72 bits per heavy atom. The smallest absolute Gasteiger partial charge is 0.410 e. The average Bonchev–Trinajstić information content (AvgIpc) is 2.93. The van der Waals surface area contributed by atoms with E-state index in [1.54, 1.807) is 17.3 Å². The molecule has 0 spiro atoms. The van der Waals surface area contributed by atoms with Gasteiger partial charge in [0.2, 0.25) is 0 Å². The van der Waals surface area contributed by atoms with E-state index < -0.39 is 11.2 Å². The molecule has 1 atom stereocenters. The van der Waals surface area contributed by atoms with Gasteiger partial charge >= 0.3 is 6.09 Å². The maximum Gasteiger partial charge on any atom is 0.410 e. The molecule has 202 valence electrons. The van der Waals surface area contributed by atoms with Crippen LogP contribution < -0.4 is 0 Å². The summed E-state index contributed by atoms with van der Waals surface area (Å²) >= 11 is 13.5. The zero-order chi connectivity index (χ0) is 27.8. The van der Waals surface area contributed by atoms with Crippen LogP contribution in [-0.2, 0) is 10.3 Å². The molecule has 6 nitrogen and oxygen atoms in total. The van der Waals surface area contributed by atoms with Gasteiger partial charge in [-0.2, -0.15) is 0 Å². The number of hydrogen-bond donors (Lipinski definition) is 1. The van der Waals surface area contributed by atoms with Crippen molar-refractivity contribution < 1.29 is 14.6 Å². The Kier molecular flexibility index (Phi) is 7.55. The molecule has 1 unspecified atom stereocenters. The predicted molar refractivity (Wildman–Crippen MR) is 155 cm³/mol. The number of rotatable bonds is 4. The highest BCUT2D eigenvalue weighted by Gasteiger charge is 2.43. The lowest BCUT2D eigenvalue weighted by Gasteiger charge is -2.42. The Balaban J connectivity index is 1.55. The summed E-state index contributed by atoms with van der Waals surface area (Å²) in [5.41, 5.74) is 1.60. The summed E-state index contributed by atoms with van der Waals surface area (Å²) in [6.45, 7) is 6.52. The molecule has 39 heavy (non-hydrogen) atoms. The molecule has 0 bridgehead atoms. The van der Waals surface area contributed by atoms with Crippen molar-refractivity contribution in [1.29, 1.82) is 0 Å². The van der Waals surface area contributed by atoms with Crippen LogP contribution in [0, 0.1) is 5.92 Å². The summed E-state index contributed by atoms with van der Waals surface area (Å²) in [4.78, 5) is 23.3. The zero-order valence-corrected chi connectivity index (χ0v) is 23.7. The number of amides is 1. The van der Waals surface area contributed by atoms with Gasteiger partial charge < -0.3 is 14.7 Å². The Labute approximate surface area is 238 Å². The van der Waals surface area contributed by atoms with Crippen LogP contribution in [0.25, 0.3) is 22.0 Å². The third-order valence-electron chi connectivity index (χ3n) is 7.22. The number of ether oxygens (including phenoxy) is 1. The number of aromatic nitrogens is 2. The molecule has 2 aromatic heterocycles. The van der Waals surface area contributed by atoms with Gasteiger partial charge in [-0.15, -0.1) is 0 Å². The Bertz CT molecular complexity index is 1480. The second-order valence-electron chi connectivity index (χ2n) is 10.9. The van der Waals surface area contributed by atoms with Gasteiger partial charge in [-0.05, 0) is 68.9 Å². The topological polar surface area (TPSA) is 75.5 Å². The normalized spacial score (nSPS) is 16.2. The first-order valence-electron chi connectivity index (χ1n) is 13.0. The van der Waals surface area contributed by atoms with E-state index >= 15 is 0 Å². The minimum absolute atomic E-state index is 0.175. The van der Waals surface area contributed by atoms with Crippen molar-refractivity contribution in [3.05, 3.63) is 94.4 Å². The van der Waals surface area contributed by atoms with Crippen LogP contribution in [0.3, 0.4) is 0 Å². The van der Waals surface area contributed by atoms with Crippen LogP contribution in [-0.4, -0.2) is 44.8 Å². The molecule has 1 amide bonds. The number of carbonyl (C=O) groups excluding carboxylic acids is 1. The maximum atomic E-state index is 12.7. The lowest BCUT2D eigenvalue weighted by atomic mass is 9.72. The molecular formula is C31H31Cl2N3O3. The van der Waals surface area contributed by atoms with Crippen molar-refractivity contribution in [2.24, 2.45) is 5.92 Å². The van der Waals surface area contributed by atoms with Gasteiger partial charge in [-0.3, -0.25) is 4.98 Å². The number of nitrogens with zero attached hydrogens (tertiary/aromatic N) is 3. The summed E-state index contributed by atoms with van der Waals surface area (Å²) in [5.74, 6) is -0.175. The number of piperidine rings is 1. The monoisotopic (exact) mass is 563 g/mol. The van der Waals surface area contributed by atoms with E-state index in [9.17, 15) is 9.90 Å². The van der Waals surface area contributed by atoms with Crippen LogP contribution in [0.5, 0.6) is 0 Å². The molecule has 1 saturated heterocycles. The molecule has 5 rings (SSSR count). The highest BCUT2D eigenvalue weighted by Crippen LogP contribution is 2.45. The summed E-state index contributed by atoms with van der Waals surface area (Å²) in [6, 6.07) is 19.0. The number of aliphatic hydroxyl groups is 1. The van der Waals surface area contributed by atoms with Crippen LogP contribution >= 0.6 is 23.2 Å². The largest absolute Gasteiger partial charge is 0.444 e. The molecule has 1 fully saturated rings. The fraction of sp³-hybridized carbons (Fsp3) is 0.323. The van der Waals surface area contributed by atoms with E-state index in [-0.39, 0.29) is 12.0 Å². The van der Waals surface area contributed by atoms with Crippen LogP contribution in [0.15, 0.2) is 73.1 Å². The van der Waals surface area contributed by atoms with Crippen LogP contribution in [0.1, 0.15) is 44.7 Å². The molecule has 4 aromatic rings. The van der Waals surface area contributed by atoms with E-state index in [4.69, 9.17) is 27.9 Å². The lowest BCUT2D eigenvalue weighted by Crippen LogP contribution is -2.47. The Morgan fingerprint density at radius 1 is 1.00 bits per heavy atom. The molecule has 8 heteroatoms. The first-order chi connectivity index (χ1) is 18.6. The first-order valence-corrected chi connectivity index (χ1v) is 13.8. The summed E-state index contributed by atoms with van der Waals surface area (Å²) in [6.07, 6.45) is 4.22. The highest BCUT2D eigenvalue weighted by atomic mass is 35.5. The van der Waals surface area contributed by atoms with Gasteiger partial charge in [-0.1, -0.05) is 65.7 Å². The van der Waals surface area contributed by atoms with E-state index in [2.05, 4.69) is 9.97 Å². The number of fused-ring (bicyclic) bond motifs is 1. The summed E-state index contributed by atoms with van der Waals surface area (Å²) in [7, 11) is 0. The molecular weight excluding hydrogens is 533 g/mol. The second kappa shape index (κ2) is 10.8. The maximum absolute atomic E-state index is 12.7. The predicted octanol–water partition coefficient (Wildman–Crippen LogP) is 7.49. The van der Waals surface area contributed by atoms with Gasteiger partial charge in [-0.25, -0.2) is 9.78 Å². The average molecular weight is 565 g/mol. The Hall–Kier alpha value is -3.19. The first kappa shape index (κ1) is 27.4. The van der Waals surface area contributed by atoms with Crippen molar-refractivity contribution >= 4 is 40.2 Å². The van der Waals surface area contributed by atoms with Gasteiger partial charge in [0.15, 0.2) is 0 Å². The fourth-order valence-electron chi connectivity index (χ4n) is 5.32.